The van der Waals surface area contributed by atoms with Crippen LogP contribution >= 0.6 is 0 Å². The SMILES string of the molecule is CCCCc1ccc(N2CCCNC(C(C)C)C2)cc1. The van der Waals surface area contributed by atoms with Crippen LogP contribution in [0.3, 0.4) is 0 Å². The van der Waals surface area contributed by atoms with Crippen LogP contribution in [0.2, 0.25) is 0 Å². The molecule has 0 bridgehead atoms. The van der Waals surface area contributed by atoms with Crippen molar-refractivity contribution in [1.29, 1.82) is 0 Å². The maximum Gasteiger partial charge on any atom is 0.0366 e. The molecular formula is C18H30N2. The summed E-state index contributed by atoms with van der Waals surface area (Å²) >= 11 is 0. The number of nitrogens with zero attached hydrogens (tertiary/aromatic N) is 1. The molecule has 1 fully saturated rings. The third-order valence-corrected chi connectivity index (χ3v) is 4.35. The Balaban J connectivity index is 2.01. The number of anilines is 1. The zero-order chi connectivity index (χ0) is 14.4. The third kappa shape index (κ3) is 4.24. The van der Waals surface area contributed by atoms with Crippen LogP contribution in [0.1, 0.15) is 45.6 Å². The smallest absolute Gasteiger partial charge is 0.0366 e. The summed E-state index contributed by atoms with van der Waals surface area (Å²) in [5.74, 6) is 0.694. The van der Waals surface area contributed by atoms with Crippen molar-refractivity contribution in [2.45, 2.75) is 52.5 Å². The zero-order valence-electron chi connectivity index (χ0n) is 13.4. The van der Waals surface area contributed by atoms with Gasteiger partial charge in [-0.3, -0.25) is 0 Å². The Morgan fingerprint density at radius 2 is 2.00 bits per heavy atom. The maximum absolute atomic E-state index is 3.68. The fraction of sp³-hybridized carbons (Fsp3) is 0.667. The van der Waals surface area contributed by atoms with Crippen molar-refractivity contribution in [2.24, 2.45) is 5.92 Å². The van der Waals surface area contributed by atoms with E-state index in [4.69, 9.17) is 0 Å². The molecule has 1 atom stereocenters. The molecule has 2 rings (SSSR count). The van der Waals surface area contributed by atoms with Crippen LogP contribution in [-0.2, 0) is 6.42 Å². The molecule has 1 heterocycles. The van der Waals surface area contributed by atoms with Gasteiger partial charge in [-0.05, 0) is 49.4 Å². The first-order valence-corrected chi connectivity index (χ1v) is 8.28. The van der Waals surface area contributed by atoms with Crippen molar-refractivity contribution < 1.29 is 0 Å². The van der Waals surface area contributed by atoms with Gasteiger partial charge in [-0.15, -0.1) is 0 Å². The van der Waals surface area contributed by atoms with Gasteiger partial charge in [0.05, 0.1) is 0 Å². The van der Waals surface area contributed by atoms with Gasteiger partial charge in [0.15, 0.2) is 0 Å². The Bertz CT molecular complexity index is 383. The minimum absolute atomic E-state index is 0.609. The van der Waals surface area contributed by atoms with Crippen molar-refractivity contribution in [3.63, 3.8) is 0 Å². The highest BCUT2D eigenvalue weighted by Gasteiger charge is 2.20. The largest absolute Gasteiger partial charge is 0.370 e. The van der Waals surface area contributed by atoms with Gasteiger partial charge in [-0.2, -0.15) is 0 Å². The van der Waals surface area contributed by atoms with Crippen molar-refractivity contribution in [3.8, 4) is 0 Å². The summed E-state index contributed by atoms with van der Waals surface area (Å²) in [6.45, 7) is 10.3. The molecule has 0 radical (unpaired) electrons. The molecule has 0 saturated carbocycles. The molecule has 1 saturated heterocycles. The highest BCUT2D eigenvalue weighted by molar-refractivity contribution is 5.48. The van der Waals surface area contributed by atoms with Crippen LogP contribution in [0.15, 0.2) is 24.3 Å². The molecule has 2 heteroatoms. The lowest BCUT2D eigenvalue weighted by Gasteiger charge is -2.28. The summed E-state index contributed by atoms with van der Waals surface area (Å²) in [6, 6.07) is 9.86. The molecule has 1 N–H and O–H groups in total. The lowest BCUT2D eigenvalue weighted by atomic mass is 10.0. The van der Waals surface area contributed by atoms with Gasteiger partial charge in [0.2, 0.25) is 0 Å². The Morgan fingerprint density at radius 1 is 1.25 bits per heavy atom. The van der Waals surface area contributed by atoms with E-state index in [1.165, 1.54) is 43.5 Å². The Hall–Kier alpha value is -1.02. The molecule has 1 aliphatic heterocycles. The van der Waals surface area contributed by atoms with Gasteiger partial charge >= 0.3 is 0 Å². The molecule has 1 aromatic rings. The summed E-state index contributed by atoms with van der Waals surface area (Å²) in [5.41, 5.74) is 2.86. The van der Waals surface area contributed by atoms with Gasteiger partial charge in [-0.25, -0.2) is 0 Å². The van der Waals surface area contributed by atoms with Gasteiger partial charge in [-0.1, -0.05) is 39.3 Å². The monoisotopic (exact) mass is 274 g/mol. The highest BCUT2D eigenvalue weighted by atomic mass is 15.2. The van der Waals surface area contributed by atoms with E-state index >= 15 is 0 Å². The summed E-state index contributed by atoms with van der Waals surface area (Å²) in [4.78, 5) is 2.55. The van der Waals surface area contributed by atoms with E-state index in [9.17, 15) is 0 Å². The van der Waals surface area contributed by atoms with E-state index in [0.29, 0.717) is 12.0 Å². The summed E-state index contributed by atoms with van der Waals surface area (Å²) in [6.07, 6.45) is 5.02. The average molecular weight is 274 g/mol. The van der Waals surface area contributed by atoms with E-state index < -0.39 is 0 Å². The molecule has 0 aromatic heterocycles. The van der Waals surface area contributed by atoms with Crippen LogP contribution in [0.4, 0.5) is 5.69 Å². The second kappa shape index (κ2) is 7.68. The van der Waals surface area contributed by atoms with E-state index in [1.807, 2.05) is 0 Å². The van der Waals surface area contributed by atoms with Crippen LogP contribution in [0.25, 0.3) is 0 Å². The number of aryl methyl sites for hydroxylation is 1. The van der Waals surface area contributed by atoms with E-state index in [2.05, 4.69) is 55.3 Å². The van der Waals surface area contributed by atoms with Crippen molar-refractivity contribution in [1.82, 2.24) is 5.32 Å². The second-order valence-electron chi connectivity index (χ2n) is 6.37. The number of hydrogen-bond acceptors (Lipinski definition) is 2. The lowest BCUT2D eigenvalue weighted by molar-refractivity contribution is 0.420. The summed E-state index contributed by atoms with van der Waals surface area (Å²) < 4.78 is 0. The van der Waals surface area contributed by atoms with Crippen LogP contribution in [0, 0.1) is 5.92 Å². The molecule has 1 aliphatic rings. The summed E-state index contributed by atoms with van der Waals surface area (Å²) in [5, 5.41) is 3.68. The number of benzene rings is 1. The van der Waals surface area contributed by atoms with Gasteiger partial charge in [0.1, 0.15) is 0 Å². The maximum atomic E-state index is 3.68. The Kier molecular flexibility index (Phi) is 5.90. The predicted octanol–water partition coefficient (Wildman–Crippen LogP) is 3.85. The molecular weight excluding hydrogens is 244 g/mol. The first kappa shape index (κ1) is 15.4. The number of rotatable bonds is 5. The molecule has 0 spiro atoms. The second-order valence-corrected chi connectivity index (χ2v) is 6.37. The number of unbranched alkanes of at least 4 members (excludes halogenated alkanes) is 1. The van der Waals surface area contributed by atoms with Crippen molar-refractivity contribution in [3.05, 3.63) is 29.8 Å². The minimum Gasteiger partial charge on any atom is -0.370 e. The third-order valence-electron chi connectivity index (χ3n) is 4.35. The molecule has 20 heavy (non-hydrogen) atoms. The topological polar surface area (TPSA) is 15.3 Å². The van der Waals surface area contributed by atoms with Crippen LogP contribution in [-0.4, -0.2) is 25.7 Å². The average Bonchev–Trinajstić information content (AvgIpc) is 2.72. The van der Waals surface area contributed by atoms with E-state index in [-0.39, 0.29) is 0 Å². The molecule has 112 valence electrons. The van der Waals surface area contributed by atoms with E-state index in [1.54, 1.807) is 0 Å². The van der Waals surface area contributed by atoms with Gasteiger partial charge in [0.25, 0.3) is 0 Å². The van der Waals surface area contributed by atoms with E-state index in [0.717, 1.165) is 13.1 Å². The molecule has 2 nitrogen and oxygen atoms in total. The molecule has 0 aliphatic carbocycles. The minimum atomic E-state index is 0.609. The highest BCUT2D eigenvalue weighted by Crippen LogP contribution is 2.20. The quantitative estimate of drug-likeness (QED) is 0.877. The van der Waals surface area contributed by atoms with Crippen molar-refractivity contribution >= 4 is 5.69 Å². The molecule has 1 unspecified atom stereocenters. The standard InChI is InChI=1S/C18H30N2/c1-4-5-7-16-8-10-17(11-9-16)20-13-6-12-19-18(14-20)15(2)3/h8-11,15,18-19H,4-7,12-14H2,1-3H3. The number of nitrogens with one attached hydrogen (secondary N) is 1. The first-order valence-electron chi connectivity index (χ1n) is 8.28. The fourth-order valence-electron chi connectivity index (χ4n) is 2.89. The molecule has 0 amide bonds. The molecule has 1 aromatic carbocycles. The Labute approximate surface area is 124 Å². The normalized spacial score (nSPS) is 20.2. The predicted molar refractivity (Wildman–Crippen MR) is 88.5 cm³/mol. The van der Waals surface area contributed by atoms with Crippen LogP contribution in [0.5, 0.6) is 0 Å². The van der Waals surface area contributed by atoms with Gasteiger partial charge in [0, 0.05) is 24.8 Å². The summed E-state index contributed by atoms with van der Waals surface area (Å²) in [7, 11) is 0. The fourth-order valence-corrected chi connectivity index (χ4v) is 2.89. The first-order chi connectivity index (χ1) is 9.70. The number of hydrogen-bond donors (Lipinski definition) is 1. The lowest BCUT2D eigenvalue weighted by Crippen LogP contribution is -2.41. The zero-order valence-corrected chi connectivity index (χ0v) is 13.4. The van der Waals surface area contributed by atoms with Crippen LogP contribution < -0.4 is 10.2 Å². The van der Waals surface area contributed by atoms with Crippen molar-refractivity contribution in [2.75, 3.05) is 24.5 Å². The Morgan fingerprint density at radius 3 is 2.65 bits per heavy atom. The van der Waals surface area contributed by atoms with Gasteiger partial charge < -0.3 is 10.2 Å².